The van der Waals surface area contributed by atoms with Crippen LogP contribution in [0, 0.1) is 0 Å². The van der Waals surface area contributed by atoms with Crippen molar-refractivity contribution < 1.29 is 9.53 Å². The van der Waals surface area contributed by atoms with Gasteiger partial charge in [-0.25, -0.2) is 9.79 Å². The van der Waals surface area contributed by atoms with Crippen LogP contribution in [0.15, 0.2) is 74.1 Å². The van der Waals surface area contributed by atoms with Gasteiger partial charge in [-0.15, -0.1) is 0 Å². The molecule has 6 nitrogen and oxygen atoms in total. The van der Waals surface area contributed by atoms with E-state index in [1.165, 1.54) is 11.3 Å². The highest BCUT2D eigenvalue weighted by atomic mass is 79.9. The molecule has 1 atom stereocenters. The Bertz CT molecular complexity index is 1380. The zero-order chi connectivity index (χ0) is 22.8. The Morgan fingerprint density at radius 3 is 2.59 bits per heavy atom. The zero-order valence-corrected chi connectivity index (χ0v) is 20.4. The molecule has 0 bridgehead atoms. The second-order valence-corrected chi connectivity index (χ2v) is 9.37. The normalized spacial score (nSPS) is 15.9. The maximum Gasteiger partial charge on any atom is 0.338 e. The van der Waals surface area contributed by atoms with E-state index < -0.39 is 12.0 Å². The maximum atomic E-state index is 13.4. The molecule has 0 aliphatic carbocycles. The molecule has 0 saturated carbocycles. The van der Waals surface area contributed by atoms with Crippen LogP contribution in [0.1, 0.15) is 25.5 Å². The maximum absolute atomic E-state index is 13.4. The summed E-state index contributed by atoms with van der Waals surface area (Å²) >= 11 is 10.7. The van der Waals surface area contributed by atoms with Gasteiger partial charge >= 0.3 is 5.97 Å². The highest BCUT2D eigenvalue weighted by molar-refractivity contribution is 9.10. The van der Waals surface area contributed by atoms with Gasteiger partial charge in [-0.3, -0.25) is 9.36 Å². The standard InChI is InChI=1S/C23H19BrClN3O3S/c1-3-31-22(30)19-13(2)27-23-28(20(19)14-4-8-16(25)9-5-14)21(29)18(32-23)12-26-17-10-6-15(24)7-11-17/h4-12,20,26H,3H2,1-2H3/b18-12-/t20-/m1/s1. The van der Waals surface area contributed by atoms with Crippen LogP contribution in [0.2, 0.25) is 5.02 Å². The van der Waals surface area contributed by atoms with Crippen LogP contribution in [0.4, 0.5) is 5.69 Å². The molecule has 1 aliphatic rings. The summed E-state index contributed by atoms with van der Waals surface area (Å²) in [5.41, 5.74) is 2.22. The number of nitrogens with zero attached hydrogens (tertiary/aromatic N) is 2. The van der Waals surface area contributed by atoms with Crippen molar-refractivity contribution in [1.29, 1.82) is 0 Å². The third-order valence-electron chi connectivity index (χ3n) is 4.92. The second kappa shape index (κ2) is 9.44. The van der Waals surface area contributed by atoms with Crippen molar-refractivity contribution in [2.45, 2.75) is 19.9 Å². The molecule has 0 radical (unpaired) electrons. The molecule has 3 aromatic rings. The van der Waals surface area contributed by atoms with E-state index in [0.717, 1.165) is 15.7 Å². The first-order valence-electron chi connectivity index (χ1n) is 9.84. The third kappa shape index (κ3) is 4.44. The Morgan fingerprint density at radius 1 is 1.25 bits per heavy atom. The number of ether oxygens (including phenoxy) is 1. The van der Waals surface area contributed by atoms with E-state index in [4.69, 9.17) is 16.3 Å². The van der Waals surface area contributed by atoms with Crippen LogP contribution >= 0.6 is 38.9 Å². The van der Waals surface area contributed by atoms with Crippen LogP contribution in [0.3, 0.4) is 0 Å². The number of aromatic nitrogens is 1. The van der Waals surface area contributed by atoms with Gasteiger partial charge in [-0.1, -0.05) is 51.0 Å². The average Bonchev–Trinajstić information content (AvgIpc) is 3.08. The summed E-state index contributed by atoms with van der Waals surface area (Å²) in [6.07, 6.45) is 1.66. The van der Waals surface area contributed by atoms with Crippen LogP contribution in [0.5, 0.6) is 0 Å². The van der Waals surface area contributed by atoms with E-state index in [9.17, 15) is 9.59 Å². The smallest absolute Gasteiger partial charge is 0.338 e. The van der Waals surface area contributed by atoms with Crippen molar-refractivity contribution in [2.24, 2.45) is 4.99 Å². The van der Waals surface area contributed by atoms with Crippen molar-refractivity contribution in [3.05, 3.63) is 94.5 Å². The Kier molecular flexibility index (Phi) is 6.64. The summed E-state index contributed by atoms with van der Waals surface area (Å²) in [7, 11) is 0. The molecule has 1 aromatic heterocycles. The quantitative estimate of drug-likeness (QED) is 0.499. The largest absolute Gasteiger partial charge is 0.463 e. The molecule has 32 heavy (non-hydrogen) atoms. The van der Waals surface area contributed by atoms with Crippen molar-refractivity contribution in [3.8, 4) is 0 Å². The first kappa shape index (κ1) is 22.5. The lowest BCUT2D eigenvalue weighted by atomic mass is 9.96. The summed E-state index contributed by atoms with van der Waals surface area (Å²) < 4.78 is 8.27. The zero-order valence-electron chi connectivity index (χ0n) is 17.3. The molecule has 0 unspecified atom stereocenters. The molecule has 0 spiro atoms. The van der Waals surface area contributed by atoms with Gasteiger partial charge in [0.15, 0.2) is 4.80 Å². The van der Waals surface area contributed by atoms with Gasteiger partial charge in [-0.2, -0.15) is 0 Å². The molecule has 164 valence electrons. The Balaban J connectivity index is 1.85. The molecule has 2 aromatic carbocycles. The second-order valence-electron chi connectivity index (χ2n) is 7.01. The Labute approximate surface area is 201 Å². The lowest BCUT2D eigenvalue weighted by Gasteiger charge is -2.24. The summed E-state index contributed by atoms with van der Waals surface area (Å²) in [6.45, 7) is 3.73. The molecule has 4 rings (SSSR count). The van der Waals surface area contributed by atoms with Crippen LogP contribution in [0.25, 0.3) is 6.20 Å². The molecular formula is C23H19BrClN3O3S. The number of halogens is 2. The number of carbonyl (C=O) groups excluding carboxylic acids is 1. The molecule has 0 fully saturated rings. The minimum atomic E-state index is -0.655. The predicted octanol–water partition coefficient (Wildman–Crippen LogP) is 4.24. The third-order valence-corrected chi connectivity index (χ3v) is 6.68. The van der Waals surface area contributed by atoms with Crippen LogP contribution in [-0.4, -0.2) is 17.1 Å². The van der Waals surface area contributed by atoms with Crippen molar-refractivity contribution in [2.75, 3.05) is 11.9 Å². The first-order chi connectivity index (χ1) is 15.4. The van der Waals surface area contributed by atoms with Crippen molar-refractivity contribution in [3.63, 3.8) is 0 Å². The molecule has 2 heterocycles. The Hall–Kier alpha value is -2.68. The lowest BCUT2D eigenvalue weighted by Crippen LogP contribution is -2.40. The van der Waals surface area contributed by atoms with Gasteiger partial charge < -0.3 is 10.1 Å². The van der Waals surface area contributed by atoms with Gasteiger partial charge in [0.25, 0.3) is 5.56 Å². The van der Waals surface area contributed by atoms with E-state index in [1.807, 2.05) is 36.4 Å². The summed E-state index contributed by atoms with van der Waals surface area (Å²) in [5, 5.41) is 3.72. The minimum Gasteiger partial charge on any atom is -0.463 e. The monoisotopic (exact) mass is 531 g/mol. The number of hydrogen-bond donors (Lipinski definition) is 1. The van der Waals surface area contributed by atoms with Gasteiger partial charge in [0.05, 0.1) is 23.9 Å². The molecule has 1 aliphatic heterocycles. The van der Waals surface area contributed by atoms with E-state index in [2.05, 4.69) is 26.2 Å². The fourth-order valence-electron chi connectivity index (χ4n) is 3.45. The van der Waals surface area contributed by atoms with Crippen molar-refractivity contribution in [1.82, 2.24) is 4.57 Å². The SMILES string of the molecule is CCOC(=O)C1=C(C)N=c2s/c(=C\Nc3ccc(Br)cc3)c(=O)n2[C@@H]1c1ccc(Cl)cc1. The fourth-order valence-corrected chi connectivity index (χ4v) is 4.81. The number of carbonyl (C=O) groups is 1. The summed E-state index contributed by atoms with van der Waals surface area (Å²) in [6, 6.07) is 14.1. The van der Waals surface area contributed by atoms with Crippen LogP contribution in [-0.2, 0) is 9.53 Å². The van der Waals surface area contributed by atoms with Gasteiger partial charge in [0.2, 0.25) is 0 Å². The van der Waals surface area contributed by atoms with Gasteiger partial charge in [0, 0.05) is 21.4 Å². The number of nitrogens with one attached hydrogen (secondary N) is 1. The topological polar surface area (TPSA) is 72.7 Å². The number of allylic oxidation sites excluding steroid dienone is 1. The predicted molar refractivity (Wildman–Crippen MR) is 131 cm³/mol. The highest BCUT2D eigenvalue weighted by Crippen LogP contribution is 2.31. The summed E-state index contributed by atoms with van der Waals surface area (Å²) in [4.78, 5) is 31.3. The number of thiazole rings is 1. The van der Waals surface area contributed by atoms with E-state index >= 15 is 0 Å². The van der Waals surface area contributed by atoms with Gasteiger partial charge in [-0.05, 0) is 55.8 Å². The molecule has 1 N–H and O–H groups in total. The molecule has 0 amide bonds. The fraction of sp³-hybridized carbons (Fsp3) is 0.174. The number of anilines is 1. The number of esters is 1. The molecule has 0 saturated heterocycles. The van der Waals surface area contributed by atoms with E-state index in [-0.39, 0.29) is 12.2 Å². The lowest BCUT2D eigenvalue weighted by molar-refractivity contribution is -0.139. The van der Waals surface area contributed by atoms with E-state index in [1.54, 1.807) is 36.7 Å². The number of hydrogen-bond acceptors (Lipinski definition) is 6. The number of fused-ring (bicyclic) bond motifs is 1. The van der Waals surface area contributed by atoms with Gasteiger partial charge in [0.1, 0.15) is 4.53 Å². The number of benzene rings is 2. The Morgan fingerprint density at radius 2 is 1.94 bits per heavy atom. The number of rotatable bonds is 5. The summed E-state index contributed by atoms with van der Waals surface area (Å²) in [5.74, 6) is -0.490. The van der Waals surface area contributed by atoms with E-state index in [0.29, 0.717) is 25.6 Å². The molecular weight excluding hydrogens is 514 g/mol. The first-order valence-corrected chi connectivity index (χ1v) is 11.8. The molecule has 9 heteroatoms. The minimum absolute atomic E-state index is 0.227. The highest BCUT2D eigenvalue weighted by Gasteiger charge is 2.33. The average molecular weight is 533 g/mol. The van der Waals surface area contributed by atoms with Crippen molar-refractivity contribution >= 4 is 56.7 Å². The van der Waals surface area contributed by atoms with Crippen LogP contribution < -0.4 is 20.2 Å².